The summed E-state index contributed by atoms with van der Waals surface area (Å²) in [5.41, 5.74) is 0.286. The van der Waals surface area contributed by atoms with E-state index >= 15 is 0 Å². The summed E-state index contributed by atoms with van der Waals surface area (Å²) in [6.07, 6.45) is 1.18. The molecule has 7 nitrogen and oxygen atoms in total. The summed E-state index contributed by atoms with van der Waals surface area (Å²) in [5.74, 6) is -1.15. The molecule has 0 bridgehead atoms. The molecule has 1 fully saturated rings. The van der Waals surface area contributed by atoms with Crippen molar-refractivity contribution in [3.63, 3.8) is 0 Å². The number of amides is 1. The standard InChI is InChI=1S/C16H22N2O5S/c1-11-8-9-18(14(10-11)16(20)21)15(19)12-4-6-13(7-5-12)24(22,23)17(2)3/h4-7,11,14H,8-10H2,1-3H3,(H,20,21). The van der Waals surface area contributed by atoms with Crippen molar-refractivity contribution in [3.05, 3.63) is 29.8 Å². The molecule has 2 atom stereocenters. The molecular formula is C16H22N2O5S. The zero-order valence-electron chi connectivity index (χ0n) is 14.0. The number of hydrogen-bond acceptors (Lipinski definition) is 4. The molecule has 0 spiro atoms. The third-order valence-electron chi connectivity index (χ3n) is 4.29. The molecule has 1 saturated heterocycles. The second-order valence-corrected chi connectivity index (χ2v) is 8.45. The van der Waals surface area contributed by atoms with Gasteiger partial charge in [0.1, 0.15) is 6.04 Å². The highest BCUT2D eigenvalue weighted by Gasteiger charge is 2.35. The van der Waals surface area contributed by atoms with Gasteiger partial charge in [-0.1, -0.05) is 6.92 Å². The Hall–Kier alpha value is -1.93. The van der Waals surface area contributed by atoms with Crippen molar-refractivity contribution >= 4 is 21.9 Å². The van der Waals surface area contributed by atoms with Crippen LogP contribution in [0.25, 0.3) is 0 Å². The van der Waals surface area contributed by atoms with E-state index in [1.165, 1.54) is 43.3 Å². The quantitative estimate of drug-likeness (QED) is 0.878. The first-order valence-electron chi connectivity index (χ1n) is 7.71. The first kappa shape index (κ1) is 18.4. The van der Waals surface area contributed by atoms with Gasteiger partial charge in [0, 0.05) is 26.2 Å². The first-order chi connectivity index (χ1) is 11.1. The van der Waals surface area contributed by atoms with Crippen molar-refractivity contribution in [3.8, 4) is 0 Å². The number of hydrogen-bond donors (Lipinski definition) is 1. The molecule has 1 aliphatic heterocycles. The summed E-state index contributed by atoms with van der Waals surface area (Å²) in [6, 6.07) is 4.74. The van der Waals surface area contributed by atoms with E-state index in [4.69, 9.17) is 0 Å². The average Bonchev–Trinajstić information content (AvgIpc) is 2.54. The number of carboxylic acids is 1. The van der Waals surface area contributed by atoms with Gasteiger partial charge in [-0.05, 0) is 43.0 Å². The van der Waals surface area contributed by atoms with Crippen LogP contribution in [0, 0.1) is 5.92 Å². The minimum Gasteiger partial charge on any atom is -0.480 e. The number of carbonyl (C=O) groups is 2. The third kappa shape index (κ3) is 3.59. The van der Waals surface area contributed by atoms with Crippen molar-refractivity contribution in [1.82, 2.24) is 9.21 Å². The maximum Gasteiger partial charge on any atom is 0.326 e. The monoisotopic (exact) mass is 354 g/mol. The largest absolute Gasteiger partial charge is 0.480 e. The van der Waals surface area contributed by atoms with E-state index < -0.39 is 22.0 Å². The van der Waals surface area contributed by atoms with Crippen molar-refractivity contribution in [2.45, 2.75) is 30.7 Å². The molecule has 1 N–H and O–H groups in total. The Labute approximate surface area is 141 Å². The predicted molar refractivity (Wildman–Crippen MR) is 88.2 cm³/mol. The molecule has 1 aromatic carbocycles. The zero-order valence-corrected chi connectivity index (χ0v) is 14.8. The lowest BCUT2D eigenvalue weighted by atomic mass is 9.92. The van der Waals surface area contributed by atoms with Crippen LogP contribution in [0.3, 0.4) is 0 Å². The highest BCUT2D eigenvalue weighted by atomic mass is 32.2. The molecule has 0 aliphatic carbocycles. The molecule has 1 aromatic rings. The number of sulfonamides is 1. The molecule has 0 saturated carbocycles. The lowest BCUT2D eigenvalue weighted by molar-refractivity contribution is -0.144. The van der Waals surface area contributed by atoms with Gasteiger partial charge in [-0.15, -0.1) is 0 Å². The number of benzene rings is 1. The smallest absolute Gasteiger partial charge is 0.326 e. The highest BCUT2D eigenvalue weighted by molar-refractivity contribution is 7.89. The number of aliphatic carboxylic acids is 1. The second kappa shape index (κ2) is 6.90. The minimum atomic E-state index is -3.56. The molecule has 1 amide bonds. The molecule has 8 heteroatoms. The van der Waals surface area contributed by atoms with Gasteiger partial charge in [-0.25, -0.2) is 17.5 Å². The van der Waals surface area contributed by atoms with Gasteiger partial charge in [0.25, 0.3) is 5.91 Å². The van der Waals surface area contributed by atoms with Gasteiger partial charge >= 0.3 is 5.97 Å². The van der Waals surface area contributed by atoms with Crippen LogP contribution in [0.15, 0.2) is 29.2 Å². The van der Waals surface area contributed by atoms with Gasteiger partial charge in [0.05, 0.1) is 4.90 Å². The van der Waals surface area contributed by atoms with E-state index in [0.29, 0.717) is 13.0 Å². The Morgan fingerprint density at radius 1 is 1.21 bits per heavy atom. The Morgan fingerprint density at radius 2 is 1.79 bits per heavy atom. The van der Waals surface area contributed by atoms with Crippen molar-refractivity contribution < 1.29 is 23.1 Å². The normalized spacial score (nSPS) is 21.8. The number of likely N-dealkylation sites (tertiary alicyclic amines) is 1. The predicted octanol–water partition coefficient (Wildman–Crippen LogP) is 1.26. The maximum absolute atomic E-state index is 12.6. The van der Waals surface area contributed by atoms with Gasteiger partial charge in [0.2, 0.25) is 10.0 Å². The molecule has 1 heterocycles. The summed E-state index contributed by atoms with van der Waals surface area (Å²) < 4.78 is 25.2. The van der Waals surface area contributed by atoms with E-state index in [1.807, 2.05) is 6.92 Å². The SMILES string of the molecule is CC1CCN(C(=O)c2ccc(S(=O)(=O)N(C)C)cc2)C(C(=O)O)C1. The summed E-state index contributed by atoms with van der Waals surface area (Å²) in [4.78, 5) is 25.5. The van der Waals surface area contributed by atoms with Crippen LogP contribution >= 0.6 is 0 Å². The highest BCUT2D eigenvalue weighted by Crippen LogP contribution is 2.25. The van der Waals surface area contributed by atoms with E-state index in [2.05, 4.69) is 0 Å². The van der Waals surface area contributed by atoms with Crippen LogP contribution in [0.2, 0.25) is 0 Å². The van der Waals surface area contributed by atoms with E-state index in [-0.39, 0.29) is 22.3 Å². The summed E-state index contributed by atoms with van der Waals surface area (Å²) in [5, 5.41) is 9.36. The number of piperidine rings is 1. The Balaban J connectivity index is 2.25. The lowest BCUT2D eigenvalue weighted by Gasteiger charge is -2.36. The fourth-order valence-corrected chi connectivity index (χ4v) is 3.67. The number of nitrogens with zero attached hydrogens (tertiary/aromatic N) is 2. The fraction of sp³-hybridized carbons (Fsp3) is 0.500. The van der Waals surface area contributed by atoms with E-state index in [1.54, 1.807) is 0 Å². The van der Waals surface area contributed by atoms with Crippen molar-refractivity contribution in [1.29, 1.82) is 0 Å². The fourth-order valence-electron chi connectivity index (χ4n) is 2.76. The summed E-state index contributed by atoms with van der Waals surface area (Å²) in [6.45, 7) is 2.35. The third-order valence-corrected chi connectivity index (χ3v) is 6.12. The first-order valence-corrected chi connectivity index (χ1v) is 9.15. The number of carboxylic acid groups (broad SMARTS) is 1. The van der Waals surface area contributed by atoms with Crippen LogP contribution in [-0.4, -0.2) is 61.3 Å². The van der Waals surface area contributed by atoms with Crippen LogP contribution in [-0.2, 0) is 14.8 Å². The molecule has 1 aliphatic rings. The minimum absolute atomic E-state index is 0.0890. The summed E-state index contributed by atoms with van der Waals surface area (Å²) >= 11 is 0. The number of rotatable bonds is 4. The Bertz CT molecular complexity index is 727. The van der Waals surface area contributed by atoms with Crippen LogP contribution < -0.4 is 0 Å². The molecule has 2 rings (SSSR count). The Kier molecular flexibility index (Phi) is 5.29. The van der Waals surface area contributed by atoms with Crippen molar-refractivity contribution in [2.24, 2.45) is 5.92 Å². The zero-order chi connectivity index (χ0) is 18.1. The topological polar surface area (TPSA) is 95.0 Å². The van der Waals surface area contributed by atoms with Crippen LogP contribution in [0.5, 0.6) is 0 Å². The molecule has 132 valence electrons. The van der Waals surface area contributed by atoms with Crippen LogP contribution in [0.1, 0.15) is 30.1 Å². The van der Waals surface area contributed by atoms with E-state index in [0.717, 1.165) is 10.7 Å². The molecule has 0 radical (unpaired) electrons. The summed E-state index contributed by atoms with van der Waals surface area (Å²) in [7, 11) is -0.699. The van der Waals surface area contributed by atoms with Gasteiger partial charge < -0.3 is 10.0 Å². The second-order valence-electron chi connectivity index (χ2n) is 6.29. The van der Waals surface area contributed by atoms with Crippen LogP contribution in [0.4, 0.5) is 0 Å². The van der Waals surface area contributed by atoms with Crippen molar-refractivity contribution in [2.75, 3.05) is 20.6 Å². The Morgan fingerprint density at radius 3 is 2.29 bits per heavy atom. The molecular weight excluding hydrogens is 332 g/mol. The molecule has 0 aromatic heterocycles. The molecule has 2 unspecified atom stereocenters. The maximum atomic E-state index is 12.6. The molecule has 24 heavy (non-hydrogen) atoms. The number of carbonyl (C=O) groups excluding carboxylic acids is 1. The van der Waals surface area contributed by atoms with Gasteiger partial charge in [-0.3, -0.25) is 4.79 Å². The lowest BCUT2D eigenvalue weighted by Crippen LogP contribution is -2.49. The van der Waals surface area contributed by atoms with E-state index in [9.17, 15) is 23.1 Å². The average molecular weight is 354 g/mol. The van der Waals surface area contributed by atoms with Gasteiger partial charge in [-0.2, -0.15) is 0 Å². The van der Waals surface area contributed by atoms with Gasteiger partial charge in [0.15, 0.2) is 0 Å².